The maximum atomic E-state index is 12.4. The molecule has 0 fully saturated rings. The van der Waals surface area contributed by atoms with Crippen molar-refractivity contribution < 1.29 is 9.53 Å². The van der Waals surface area contributed by atoms with E-state index in [0.717, 1.165) is 20.9 Å². The molecular formula is C19H21N3O2S2. The molecule has 0 aliphatic heterocycles. The van der Waals surface area contributed by atoms with E-state index in [0.29, 0.717) is 16.8 Å². The predicted molar refractivity (Wildman–Crippen MR) is 108 cm³/mol. The van der Waals surface area contributed by atoms with Gasteiger partial charge in [0.1, 0.15) is 5.75 Å². The molecule has 2 aromatic carbocycles. The third kappa shape index (κ3) is 4.74. The zero-order chi connectivity index (χ0) is 18.5. The van der Waals surface area contributed by atoms with Gasteiger partial charge in [-0.05, 0) is 24.3 Å². The van der Waals surface area contributed by atoms with Crippen molar-refractivity contribution >= 4 is 44.9 Å². The average Bonchev–Trinajstić information content (AvgIpc) is 3.07. The van der Waals surface area contributed by atoms with E-state index in [1.165, 1.54) is 11.3 Å². The van der Waals surface area contributed by atoms with Crippen molar-refractivity contribution in [2.24, 2.45) is 5.92 Å². The summed E-state index contributed by atoms with van der Waals surface area (Å²) >= 11 is 3.03. The fourth-order valence-electron chi connectivity index (χ4n) is 2.31. The Hall–Kier alpha value is -2.12. The van der Waals surface area contributed by atoms with Gasteiger partial charge in [0.05, 0.1) is 0 Å². The van der Waals surface area contributed by atoms with E-state index in [2.05, 4.69) is 29.4 Å². The molecule has 1 amide bonds. The van der Waals surface area contributed by atoms with Gasteiger partial charge in [-0.3, -0.25) is 10.1 Å². The number of nitrogens with zero attached hydrogens (tertiary/aromatic N) is 2. The molecule has 0 aliphatic rings. The summed E-state index contributed by atoms with van der Waals surface area (Å²) in [5, 5.41) is 13.5. The van der Waals surface area contributed by atoms with Crippen molar-refractivity contribution in [2.45, 2.75) is 31.2 Å². The highest BCUT2D eigenvalue weighted by molar-refractivity contribution is 8.01. The van der Waals surface area contributed by atoms with Gasteiger partial charge in [-0.15, -0.1) is 10.2 Å². The van der Waals surface area contributed by atoms with E-state index < -0.39 is 6.10 Å². The monoisotopic (exact) mass is 387 g/mol. The highest BCUT2D eigenvalue weighted by atomic mass is 32.2. The molecule has 1 unspecified atom stereocenters. The summed E-state index contributed by atoms with van der Waals surface area (Å²) in [4.78, 5) is 12.4. The fourth-order valence-corrected chi connectivity index (χ4v) is 4.04. The predicted octanol–water partition coefficient (Wildman–Crippen LogP) is 4.85. The molecule has 1 aromatic heterocycles. The van der Waals surface area contributed by atoms with Gasteiger partial charge in [-0.25, -0.2) is 0 Å². The first-order chi connectivity index (χ1) is 12.5. The minimum absolute atomic E-state index is 0.241. The third-order valence-corrected chi connectivity index (χ3v) is 6.00. The summed E-state index contributed by atoms with van der Waals surface area (Å²) in [6.45, 7) is 6.04. The lowest BCUT2D eigenvalue weighted by Crippen LogP contribution is -2.30. The summed E-state index contributed by atoms with van der Waals surface area (Å²) < 4.78 is 6.74. The number of hydrogen-bond donors (Lipinski definition) is 1. The highest BCUT2D eigenvalue weighted by Crippen LogP contribution is 2.28. The van der Waals surface area contributed by atoms with Gasteiger partial charge in [0, 0.05) is 11.1 Å². The summed E-state index contributed by atoms with van der Waals surface area (Å²) in [6, 6.07) is 13.8. The SMILES string of the molecule is CC(C)CSc1nnc(NC(=O)C(C)Oc2cccc3ccccc23)s1. The Labute approximate surface area is 161 Å². The molecular weight excluding hydrogens is 366 g/mol. The van der Waals surface area contributed by atoms with E-state index in [9.17, 15) is 4.79 Å². The van der Waals surface area contributed by atoms with Crippen LogP contribution in [0.3, 0.4) is 0 Å². The van der Waals surface area contributed by atoms with Crippen LogP contribution in [0.4, 0.5) is 5.13 Å². The Kier molecular flexibility index (Phi) is 6.11. The van der Waals surface area contributed by atoms with Gasteiger partial charge < -0.3 is 4.74 Å². The quantitative estimate of drug-likeness (QED) is 0.464. The number of benzene rings is 2. The van der Waals surface area contributed by atoms with E-state index in [4.69, 9.17) is 4.74 Å². The minimum Gasteiger partial charge on any atom is -0.480 e. The van der Waals surface area contributed by atoms with Gasteiger partial charge in [0.2, 0.25) is 5.13 Å². The van der Waals surface area contributed by atoms with Crippen LogP contribution in [0.5, 0.6) is 5.75 Å². The van der Waals surface area contributed by atoms with Crippen LogP contribution in [-0.2, 0) is 4.79 Å². The number of hydrogen-bond acceptors (Lipinski definition) is 6. The summed E-state index contributed by atoms with van der Waals surface area (Å²) in [5.41, 5.74) is 0. The molecule has 1 atom stereocenters. The Morgan fingerprint density at radius 3 is 2.73 bits per heavy atom. The van der Waals surface area contributed by atoms with Crippen molar-refractivity contribution in [3.05, 3.63) is 42.5 Å². The summed E-state index contributed by atoms with van der Waals surface area (Å²) in [7, 11) is 0. The number of anilines is 1. The Morgan fingerprint density at radius 2 is 1.92 bits per heavy atom. The molecule has 3 rings (SSSR count). The van der Waals surface area contributed by atoms with Crippen LogP contribution in [0, 0.1) is 5.92 Å². The summed E-state index contributed by atoms with van der Waals surface area (Å²) in [6.07, 6.45) is -0.642. The van der Waals surface area contributed by atoms with Crippen molar-refractivity contribution in [3.8, 4) is 5.75 Å². The molecule has 3 aromatic rings. The van der Waals surface area contributed by atoms with E-state index in [1.807, 2.05) is 42.5 Å². The van der Waals surface area contributed by atoms with Crippen LogP contribution >= 0.6 is 23.1 Å². The van der Waals surface area contributed by atoms with Gasteiger partial charge in [-0.2, -0.15) is 0 Å². The van der Waals surface area contributed by atoms with Gasteiger partial charge in [0.15, 0.2) is 10.4 Å². The summed E-state index contributed by atoms with van der Waals surface area (Å²) in [5.74, 6) is 2.00. The number of aromatic nitrogens is 2. The van der Waals surface area contributed by atoms with Crippen LogP contribution in [0.25, 0.3) is 10.8 Å². The molecule has 1 heterocycles. The lowest BCUT2D eigenvalue weighted by atomic mass is 10.1. The average molecular weight is 388 g/mol. The standard InChI is InChI=1S/C19H21N3O2S2/c1-12(2)11-25-19-22-21-18(26-19)20-17(23)13(3)24-16-10-6-8-14-7-4-5-9-15(14)16/h4-10,12-13H,11H2,1-3H3,(H,20,21,23). The fraction of sp³-hybridized carbons (Fsp3) is 0.316. The first-order valence-electron chi connectivity index (χ1n) is 8.44. The van der Waals surface area contributed by atoms with Crippen molar-refractivity contribution in [1.82, 2.24) is 10.2 Å². The maximum absolute atomic E-state index is 12.4. The molecule has 0 radical (unpaired) electrons. The second-order valence-corrected chi connectivity index (χ2v) is 8.55. The van der Waals surface area contributed by atoms with Crippen molar-refractivity contribution in [1.29, 1.82) is 0 Å². The molecule has 26 heavy (non-hydrogen) atoms. The van der Waals surface area contributed by atoms with Crippen molar-refractivity contribution in [3.63, 3.8) is 0 Å². The number of nitrogens with one attached hydrogen (secondary N) is 1. The largest absolute Gasteiger partial charge is 0.480 e. The van der Waals surface area contributed by atoms with E-state index in [-0.39, 0.29) is 5.91 Å². The number of amides is 1. The van der Waals surface area contributed by atoms with Gasteiger partial charge in [-0.1, -0.05) is 73.3 Å². The molecule has 0 bridgehead atoms. The highest BCUT2D eigenvalue weighted by Gasteiger charge is 2.18. The number of fused-ring (bicyclic) bond motifs is 1. The topological polar surface area (TPSA) is 64.1 Å². The number of rotatable bonds is 7. The van der Waals surface area contributed by atoms with Crippen LogP contribution < -0.4 is 10.1 Å². The van der Waals surface area contributed by atoms with E-state index in [1.54, 1.807) is 18.7 Å². The molecule has 0 spiro atoms. The Morgan fingerprint density at radius 1 is 1.15 bits per heavy atom. The zero-order valence-electron chi connectivity index (χ0n) is 14.9. The smallest absolute Gasteiger partial charge is 0.266 e. The molecule has 0 saturated carbocycles. The first kappa shape index (κ1) is 18.7. The van der Waals surface area contributed by atoms with Gasteiger partial charge in [0.25, 0.3) is 5.91 Å². The minimum atomic E-state index is -0.642. The number of thioether (sulfide) groups is 1. The number of carbonyl (C=O) groups excluding carboxylic acids is 1. The van der Waals surface area contributed by atoms with Crippen LogP contribution in [0.1, 0.15) is 20.8 Å². The zero-order valence-corrected chi connectivity index (χ0v) is 16.6. The van der Waals surface area contributed by atoms with Gasteiger partial charge >= 0.3 is 0 Å². The second-order valence-electron chi connectivity index (χ2n) is 6.30. The molecule has 7 heteroatoms. The second kappa shape index (κ2) is 8.51. The molecule has 5 nitrogen and oxygen atoms in total. The van der Waals surface area contributed by atoms with Crippen LogP contribution in [-0.4, -0.2) is 28.0 Å². The maximum Gasteiger partial charge on any atom is 0.266 e. The van der Waals surface area contributed by atoms with E-state index >= 15 is 0 Å². The van der Waals surface area contributed by atoms with Crippen LogP contribution in [0.15, 0.2) is 46.8 Å². The first-order valence-corrected chi connectivity index (χ1v) is 10.2. The molecule has 136 valence electrons. The Bertz CT molecular complexity index is 890. The number of ether oxygens (including phenoxy) is 1. The Balaban J connectivity index is 1.63. The molecule has 0 saturated heterocycles. The molecule has 1 N–H and O–H groups in total. The lowest BCUT2D eigenvalue weighted by molar-refractivity contribution is -0.122. The van der Waals surface area contributed by atoms with Crippen LogP contribution in [0.2, 0.25) is 0 Å². The lowest BCUT2D eigenvalue weighted by Gasteiger charge is -2.15. The normalized spacial score (nSPS) is 12.3. The van der Waals surface area contributed by atoms with Crippen molar-refractivity contribution in [2.75, 3.05) is 11.1 Å². The third-order valence-electron chi connectivity index (χ3n) is 3.60. The molecule has 0 aliphatic carbocycles. The number of carbonyl (C=O) groups is 1.